The maximum absolute atomic E-state index is 13.4. The molecular weight excluding hydrogens is 405 g/mol. The number of anilines is 2. The van der Waals surface area contributed by atoms with Gasteiger partial charge in [0.2, 0.25) is 5.95 Å². The highest BCUT2D eigenvalue weighted by Crippen LogP contribution is 2.28. The van der Waals surface area contributed by atoms with Crippen LogP contribution < -0.4 is 15.5 Å². The monoisotopic (exact) mass is 437 g/mol. The smallest absolute Gasteiger partial charge is 0.225 e. The summed E-state index contributed by atoms with van der Waals surface area (Å²) >= 11 is 0. The Bertz CT molecular complexity index is 1050. The minimum absolute atomic E-state index is 0.292. The van der Waals surface area contributed by atoms with E-state index in [1.807, 2.05) is 37.2 Å². The second-order valence-electron chi connectivity index (χ2n) is 8.88. The second kappa shape index (κ2) is 10.1. The lowest BCUT2D eigenvalue weighted by molar-refractivity contribution is 0.325. The van der Waals surface area contributed by atoms with E-state index in [2.05, 4.69) is 16.7 Å². The SMILES string of the molecule is CN(C)c1nc(N[C@H]2CC[C@@H](CNCCc3ccc(O)c(F)c3)CC2)nc2ccccc12. The van der Waals surface area contributed by atoms with E-state index in [1.165, 1.54) is 12.1 Å². The molecule has 0 aliphatic heterocycles. The highest BCUT2D eigenvalue weighted by molar-refractivity contribution is 5.90. The zero-order valence-corrected chi connectivity index (χ0v) is 18.8. The molecule has 1 fully saturated rings. The van der Waals surface area contributed by atoms with Gasteiger partial charge in [-0.3, -0.25) is 0 Å². The highest BCUT2D eigenvalue weighted by Gasteiger charge is 2.22. The second-order valence-corrected chi connectivity index (χ2v) is 8.88. The third-order valence-corrected chi connectivity index (χ3v) is 6.22. The molecule has 32 heavy (non-hydrogen) atoms. The molecule has 1 aromatic heterocycles. The molecule has 1 aliphatic rings. The average molecular weight is 438 g/mol. The van der Waals surface area contributed by atoms with Crippen molar-refractivity contribution >= 4 is 22.7 Å². The van der Waals surface area contributed by atoms with Gasteiger partial charge in [0.15, 0.2) is 11.6 Å². The number of rotatable bonds is 8. The van der Waals surface area contributed by atoms with Crippen LogP contribution in [-0.4, -0.2) is 48.3 Å². The fourth-order valence-electron chi connectivity index (χ4n) is 4.40. The Labute approximate surface area is 188 Å². The number of nitrogens with zero attached hydrogens (tertiary/aromatic N) is 3. The minimum atomic E-state index is -0.554. The predicted octanol–water partition coefficient (Wildman–Crippen LogP) is 4.34. The van der Waals surface area contributed by atoms with Crippen molar-refractivity contribution < 1.29 is 9.50 Å². The van der Waals surface area contributed by atoms with Gasteiger partial charge >= 0.3 is 0 Å². The van der Waals surface area contributed by atoms with E-state index in [4.69, 9.17) is 9.97 Å². The van der Waals surface area contributed by atoms with Crippen LogP contribution in [-0.2, 0) is 6.42 Å². The summed E-state index contributed by atoms with van der Waals surface area (Å²) in [5, 5.41) is 17.4. The summed E-state index contributed by atoms with van der Waals surface area (Å²) in [6.45, 7) is 1.78. The van der Waals surface area contributed by atoms with Gasteiger partial charge in [0.25, 0.3) is 0 Å². The van der Waals surface area contributed by atoms with E-state index < -0.39 is 5.82 Å². The molecular formula is C25H32FN5O. The molecule has 0 unspecified atom stereocenters. The normalized spacial score (nSPS) is 18.6. The van der Waals surface area contributed by atoms with Crippen molar-refractivity contribution in [1.82, 2.24) is 15.3 Å². The molecule has 2 aromatic carbocycles. The van der Waals surface area contributed by atoms with Gasteiger partial charge in [0.1, 0.15) is 5.82 Å². The van der Waals surface area contributed by atoms with Crippen molar-refractivity contribution in [3.8, 4) is 5.75 Å². The quantitative estimate of drug-likeness (QED) is 0.455. The molecule has 6 nitrogen and oxygen atoms in total. The fraction of sp³-hybridized carbons (Fsp3) is 0.440. The van der Waals surface area contributed by atoms with Crippen LogP contribution in [0.25, 0.3) is 10.9 Å². The summed E-state index contributed by atoms with van der Waals surface area (Å²) in [6.07, 6.45) is 5.27. The van der Waals surface area contributed by atoms with E-state index >= 15 is 0 Å². The molecule has 1 heterocycles. The van der Waals surface area contributed by atoms with E-state index in [1.54, 1.807) is 6.07 Å². The Hall–Kier alpha value is -2.93. The molecule has 3 aromatic rings. The van der Waals surface area contributed by atoms with Gasteiger partial charge in [0.05, 0.1) is 5.52 Å². The van der Waals surface area contributed by atoms with Crippen molar-refractivity contribution in [1.29, 1.82) is 0 Å². The summed E-state index contributed by atoms with van der Waals surface area (Å²) in [4.78, 5) is 11.5. The van der Waals surface area contributed by atoms with Crippen molar-refractivity contribution in [2.75, 3.05) is 37.4 Å². The van der Waals surface area contributed by atoms with Crippen molar-refractivity contribution in [3.05, 3.63) is 53.8 Å². The number of nitrogens with one attached hydrogen (secondary N) is 2. The zero-order chi connectivity index (χ0) is 22.5. The van der Waals surface area contributed by atoms with Gasteiger partial charge in [-0.05, 0) is 80.9 Å². The van der Waals surface area contributed by atoms with Gasteiger partial charge in [-0.1, -0.05) is 18.2 Å². The lowest BCUT2D eigenvalue weighted by atomic mass is 9.86. The lowest BCUT2D eigenvalue weighted by Gasteiger charge is -2.29. The van der Waals surface area contributed by atoms with E-state index in [0.717, 1.165) is 67.5 Å². The molecule has 170 valence electrons. The summed E-state index contributed by atoms with van der Waals surface area (Å²) in [6, 6.07) is 13.1. The number of phenolic OH excluding ortho intramolecular Hbond substituents is 1. The van der Waals surface area contributed by atoms with E-state index in [0.29, 0.717) is 17.9 Å². The molecule has 0 saturated heterocycles. The third kappa shape index (κ3) is 5.46. The van der Waals surface area contributed by atoms with Gasteiger partial charge < -0.3 is 20.6 Å². The van der Waals surface area contributed by atoms with Crippen LogP contribution in [0.2, 0.25) is 0 Å². The maximum Gasteiger partial charge on any atom is 0.225 e. The first-order valence-electron chi connectivity index (χ1n) is 11.4. The van der Waals surface area contributed by atoms with Crippen LogP contribution in [0.4, 0.5) is 16.2 Å². The number of aromatic hydroxyl groups is 1. The molecule has 0 amide bonds. The Kier molecular flexibility index (Phi) is 7.05. The van der Waals surface area contributed by atoms with Crippen LogP contribution in [0.3, 0.4) is 0 Å². The first kappa shape index (κ1) is 22.3. The lowest BCUT2D eigenvalue weighted by Crippen LogP contribution is -2.32. The van der Waals surface area contributed by atoms with E-state index in [9.17, 15) is 9.50 Å². The molecule has 0 atom stereocenters. The van der Waals surface area contributed by atoms with Crippen LogP contribution in [0.1, 0.15) is 31.2 Å². The van der Waals surface area contributed by atoms with E-state index in [-0.39, 0.29) is 5.75 Å². The third-order valence-electron chi connectivity index (χ3n) is 6.22. The number of phenols is 1. The standard InChI is InChI=1S/C25H32FN5O/c1-31(2)24-20-5-3-4-6-22(20)29-25(30-24)28-19-10-7-18(8-11-19)16-27-14-13-17-9-12-23(32)21(26)15-17/h3-6,9,12,15,18-19,27,32H,7-8,10-11,13-14,16H2,1-2H3,(H,28,29,30)/t18-,19+. The number of hydrogen-bond acceptors (Lipinski definition) is 6. The molecule has 3 N–H and O–H groups in total. The minimum Gasteiger partial charge on any atom is -0.505 e. The first-order valence-corrected chi connectivity index (χ1v) is 11.4. The van der Waals surface area contributed by atoms with Gasteiger partial charge in [-0.2, -0.15) is 4.98 Å². The zero-order valence-electron chi connectivity index (χ0n) is 18.8. The molecule has 1 aliphatic carbocycles. The molecule has 0 spiro atoms. The topological polar surface area (TPSA) is 73.3 Å². The number of aromatic nitrogens is 2. The summed E-state index contributed by atoms with van der Waals surface area (Å²) in [5.74, 6) is 1.44. The van der Waals surface area contributed by atoms with Gasteiger partial charge in [0, 0.05) is 25.5 Å². The van der Waals surface area contributed by atoms with Crippen LogP contribution in [0.5, 0.6) is 5.75 Å². The van der Waals surface area contributed by atoms with Gasteiger partial charge in [-0.25, -0.2) is 9.37 Å². The summed E-state index contributed by atoms with van der Waals surface area (Å²) in [7, 11) is 4.02. The van der Waals surface area contributed by atoms with Crippen molar-refractivity contribution in [2.24, 2.45) is 5.92 Å². The number of hydrogen-bond donors (Lipinski definition) is 3. The number of fused-ring (bicyclic) bond motifs is 1. The number of benzene rings is 2. The predicted molar refractivity (Wildman–Crippen MR) is 128 cm³/mol. The Balaban J connectivity index is 1.24. The average Bonchev–Trinajstić information content (AvgIpc) is 2.79. The Morgan fingerprint density at radius 3 is 2.59 bits per heavy atom. The van der Waals surface area contributed by atoms with Gasteiger partial charge in [-0.15, -0.1) is 0 Å². The Morgan fingerprint density at radius 1 is 1.06 bits per heavy atom. The highest BCUT2D eigenvalue weighted by atomic mass is 19.1. The van der Waals surface area contributed by atoms with Crippen molar-refractivity contribution in [2.45, 2.75) is 38.1 Å². The fourth-order valence-corrected chi connectivity index (χ4v) is 4.40. The first-order chi connectivity index (χ1) is 15.5. The molecule has 0 radical (unpaired) electrons. The number of para-hydroxylation sites is 1. The molecule has 4 rings (SSSR count). The maximum atomic E-state index is 13.4. The molecule has 0 bridgehead atoms. The molecule has 1 saturated carbocycles. The molecule has 7 heteroatoms. The number of halogens is 1. The Morgan fingerprint density at radius 2 is 1.84 bits per heavy atom. The summed E-state index contributed by atoms with van der Waals surface area (Å²) < 4.78 is 13.4. The summed E-state index contributed by atoms with van der Waals surface area (Å²) in [5.41, 5.74) is 1.85. The van der Waals surface area contributed by atoms with Crippen molar-refractivity contribution in [3.63, 3.8) is 0 Å². The largest absolute Gasteiger partial charge is 0.505 e. The van der Waals surface area contributed by atoms with Crippen LogP contribution in [0, 0.1) is 11.7 Å². The van der Waals surface area contributed by atoms with Crippen LogP contribution >= 0.6 is 0 Å². The van der Waals surface area contributed by atoms with Crippen LogP contribution in [0.15, 0.2) is 42.5 Å².